The van der Waals surface area contributed by atoms with Crippen molar-refractivity contribution in [1.29, 1.82) is 0 Å². The van der Waals surface area contributed by atoms with Gasteiger partial charge in [0.15, 0.2) is 5.96 Å². The van der Waals surface area contributed by atoms with Gasteiger partial charge in [-0.25, -0.2) is 8.78 Å². The van der Waals surface area contributed by atoms with Crippen LogP contribution in [0.3, 0.4) is 0 Å². The van der Waals surface area contributed by atoms with Gasteiger partial charge in [-0.15, -0.1) is 0 Å². The highest BCUT2D eigenvalue weighted by Gasteiger charge is 2.09. The monoisotopic (exact) mass is 335 g/mol. The van der Waals surface area contributed by atoms with Gasteiger partial charge in [-0.3, -0.25) is 9.67 Å². The normalized spacial score (nSPS) is 11.7. The van der Waals surface area contributed by atoms with Crippen molar-refractivity contribution in [2.45, 2.75) is 26.8 Å². The average Bonchev–Trinajstić information content (AvgIpc) is 2.75. The van der Waals surface area contributed by atoms with E-state index < -0.39 is 11.6 Å². The number of hydrogen-bond acceptors (Lipinski definition) is 2. The van der Waals surface area contributed by atoms with E-state index in [1.54, 1.807) is 7.05 Å². The minimum atomic E-state index is -0.560. The topological polar surface area (TPSA) is 54.2 Å². The summed E-state index contributed by atoms with van der Waals surface area (Å²) in [4.78, 5) is 4.15. The maximum Gasteiger partial charge on any atom is 0.191 e. The van der Waals surface area contributed by atoms with Crippen LogP contribution in [0.4, 0.5) is 8.78 Å². The van der Waals surface area contributed by atoms with Crippen LogP contribution in [-0.4, -0.2) is 29.3 Å². The van der Waals surface area contributed by atoms with Gasteiger partial charge in [0.25, 0.3) is 0 Å². The van der Waals surface area contributed by atoms with E-state index in [9.17, 15) is 8.78 Å². The molecule has 1 aromatic heterocycles. The van der Waals surface area contributed by atoms with Gasteiger partial charge in [-0.05, 0) is 38.0 Å². The molecular weight excluding hydrogens is 312 g/mol. The first-order chi connectivity index (χ1) is 11.4. The van der Waals surface area contributed by atoms with E-state index in [1.807, 2.05) is 25.6 Å². The van der Waals surface area contributed by atoms with Crippen LogP contribution in [-0.2, 0) is 20.0 Å². The summed E-state index contributed by atoms with van der Waals surface area (Å²) in [5, 5.41) is 10.7. The van der Waals surface area contributed by atoms with Crippen molar-refractivity contribution in [2.24, 2.45) is 12.0 Å². The Hall–Kier alpha value is -2.44. The summed E-state index contributed by atoms with van der Waals surface area (Å²) in [6.45, 7) is 5.12. The summed E-state index contributed by atoms with van der Waals surface area (Å²) in [6, 6.07) is 3.54. The Morgan fingerprint density at radius 2 is 1.83 bits per heavy atom. The number of nitrogens with zero attached hydrogens (tertiary/aromatic N) is 3. The molecule has 0 saturated heterocycles. The lowest BCUT2D eigenvalue weighted by molar-refractivity contribution is 0.579. The molecule has 0 aliphatic rings. The second-order valence-electron chi connectivity index (χ2n) is 5.65. The minimum absolute atomic E-state index is 0.500. The van der Waals surface area contributed by atoms with Crippen molar-refractivity contribution in [3.63, 3.8) is 0 Å². The van der Waals surface area contributed by atoms with Crippen molar-refractivity contribution in [3.8, 4) is 0 Å². The summed E-state index contributed by atoms with van der Waals surface area (Å²) < 4.78 is 28.2. The molecule has 0 amide bonds. The van der Waals surface area contributed by atoms with Crippen LogP contribution in [0.15, 0.2) is 23.2 Å². The lowest BCUT2D eigenvalue weighted by Crippen LogP contribution is -2.38. The first-order valence-electron chi connectivity index (χ1n) is 7.79. The molecule has 7 heteroatoms. The summed E-state index contributed by atoms with van der Waals surface area (Å²) in [5.41, 5.74) is 3.82. The average molecular weight is 335 g/mol. The van der Waals surface area contributed by atoms with E-state index in [1.165, 1.54) is 12.1 Å². The third kappa shape index (κ3) is 4.53. The third-order valence-electron chi connectivity index (χ3n) is 3.94. The Bertz CT molecular complexity index is 717. The highest BCUT2D eigenvalue weighted by molar-refractivity contribution is 5.79. The maximum absolute atomic E-state index is 13.2. The molecule has 0 unspecified atom stereocenters. The van der Waals surface area contributed by atoms with Gasteiger partial charge < -0.3 is 10.6 Å². The Kier molecular flexibility index (Phi) is 5.89. The predicted molar refractivity (Wildman–Crippen MR) is 90.9 cm³/mol. The molecular formula is C17H23F2N5. The number of aryl methyl sites for hydroxylation is 2. The van der Waals surface area contributed by atoms with E-state index in [0.717, 1.165) is 23.0 Å². The second kappa shape index (κ2) is 7.90. The molecule has 0 spiro atoms. The molecule has 2 aromatic rings. The minimum Gasteiger partial charge on any atom is -0.356 e. The molecule has 0 radical (unpaired) electrons. The second-order valence-corrected chi connectivity index (χ2v) is 5.65. The maximum atomic E-state index is 13.2. The van der Waals surface area contributed by atoms with Crippen molar-refractivity contribution in [1.82, 2.24) is 20.4 Å². The molecule has 2 rings (SSSR count). The molecule has 0 saturated carbocycles. The van der Waals surface area contributed by atoms with Crippen LogP contribution in [0.2, 0.25) is 0 Å². The molecule has 0 aliphatic carbocycles. The Morgan fingerprint density at radius 3 is 2.38 bits per heavy atom. The number of aromatic nitrogens is 2. The number of rotatable bonds is 5. The summed E-state index contributed by atoms with van der Waals surface area (Å²) in [6.07, 6.45) is 0.500. The summed E-state index contributed by atoms with van der Waals surface area (Å²) >= 11 is 0. The fraction of sp³-hybridized carbons (Fsp3) is 0.412. The van der Waals surface area contributed by atoms with E-state index in [-0.39, 0.29) is 0 Å². The number of aliphatic imine (C=N–C) groups is 1. The fourth-order valence-electron chi connectivity index (χ4n) is 2.55. The van der Waals surface area contributed by atoms with E-state index in [2.05, 4.69) is 20.7 Å². The Balaban J connectivity index is 1.86. The number of halogens is 2. The van der Waals surface area contributed by atoms with Gasteiger partial charge in [0.2, 0.25) is 0 Å². The van der Waals surface area contributed by atoms with E-state index >= 15 is 0 Å². The summed E-state index contributed by atoms with van der Waals surface area (Å²) in [7, 11) is 3.59. The first kappa shape index (κ1) is 17.9. The Labute approximate surface area is 140 Å². The Morgan fingerprint density at radius 1 is 1.17 bits per heavy atom. The fourth-order valence-corrected chi connectivity index (χ4v) is 2.55. The van der Waals surface area contributed by atoms with Gasteiger partial charge >= 0.3 is 0 Å². The molecule has 130 valence electrons. The predicted octanol–water partition coefficient (Wildman–Crippen LogP) is 2.22. The lowest BCUT2D eigenvalue weighted by Gasteiger charge is -2.12. The van der Waals surface area contributed by atoms with Gasteiger partial charge in [0, 0.05) is 44.5 Å². The van der Waals surface area contributed by atoms with Gasteiger partial charge in [-0.1, -0.05) is 0 Å². The number of hydrogen-bond donors (Lipinski definition) is 2. The SMILES string of the molecule is CN=C(NCCc1cc(F)cc(F)c1)NCc1c(C)nn(C)c1C. The van der Waals surface area contributed by atoms with Crippen molar-refractivity contribution >= 4 is 5.96 Å². The van der Waals surface area contributed by atoms with Gasteiger partial charge in [-0.2, -0.15) is 5.10 Å². The molecule has 5 nitrogen and oxygen atoms in total. The van der Waals surface area contributed by atoms with E-state index in [4.69, 9.17) is 0 Å². The molecule has 0 aliphatic heterocycles. The lowest BCUT2D eigenvalue weighted by atomic mass is 10.1. The molecule has 0 fully saturated rings. The van der Waals surface area contributed by atoms with Crippen LogP contribution in [0, 0.1) is 25.5 Å². The molecule has 24 heavy (non-hydrogen) atoms. The smallest absolute Gasteiger partial charge is 0.191 e. The number of guanidine groups is 1. The highest BCUT2D eigenvalue weighted by atomic mass is 19.1. The first-order valence-corrected chi connectivity index (χ1v) is 7.79. The number of benzene rings is 1. The molecule has 2 N–H and O–H groups in total. The summed E-state index contributed by atoms with van der Waals surface area (Å²) in [5.74, 6) is -0.486. The number of nitrogens with one attached hydrogen (secondary N) is 2. The van der Waals surface area contributed by atoms with Crippen molar-refractivity contribution < 1.29 is 8.78 Å². The van der Waals surface area contributed by atoms with Crippen molar-refractivity contribution in [2.75, 3.05) is 13.6 Å². The van der Waals surface area contributed by atoms with E-state index in [0.29, 0.717) is 31.0 Å². The van der Waals surface area contributed by atoms with Crippen molar-refractivity contribution in [3.05, 3.63) is 52.3 Å². The molecule has 0 atom stereocenters. The molecule has 0 bridgehead atoms. The zero-order valence-electron chi connectivity index (χ0n) is 14.5. The van der Waals surface area contributed by atoms with Crippen LogP contribution in [0.5, 0.6) is 0 Å². The van der Waals surface area contributed by atoms with Crippen LogP contribution in [0.25, 0.3) is 0 Å². The van der Waals surface area contributed by atoms with Crippen LogP contribution >= 0.6 is 0 Å². The quantitative estimate of drug-likeness (QED) is 0.651. The highest BCUT2D eigenvalue weighted by Crippen LogP contribution is 2.11. The van der Waals surface area contributed by atoms with Gasteiger partial charge in [0.1, 0.15) is 11.6 Å². The zero-order valence-corrected chi connectivity index (χ0v) is 14.5. The van der Waals surface area contributed by atoms with Crippen LogP contribution in [0.1, 0.15) is 22.5 Å². The third-order valence-corrected chi connectivity index (χ3v) is 3.94. The molecule has 1 heterocycles. The van der Waals surface area contributed by atoms with Gasteiger partial charge in [0.05, 0.1) is 5.69 Å². The zero-order chi connectivity index (χ0) is 17.7. The standard InChI is InChI=1S/C17H23F2N5/c1-11-16(12(2)24(4)23-11)10-22-17(20-3)21-6-5-13-7-14(18)9-15(19)8-13/h7-9H,5-6,10H2,1-4H3,(H2,20,21,22). The molecule has 1 aromatic carbocycles. The van der Waals surface area contributed by atoms with Crippen LogP contribution < -0.4 is 10.6 Å². The largest absolute Gasteiger partial charge is 0.356 e.